The Morgan fingerprint density at radius 3 is 1.62 bits per heavy atom. The van der Waals surface area contributed by atoms with Gasteiger partial charge < -0.3 is 48.7 Å². The van der Waals surface area contributed by atoms with Crippen molar-refractivity contribution in [1.82, 2.24) is 19.4 Å². The minimum atomic E-state index is -4.64. The van der Waals surface area contributed by atoms with Crippen molar-refractivity contribution in [2.45, 2.75) is 147 Å². The fraction of sp³-hybridized carbons (Fsp3) is 0.529. The van der Waals surface area contributed by atoms with E-state index in [2.05, 4.69) is 90.2 Å². The van der Waals surface area contributed by atoms with Crippen molar-refractivity contribution < 1.29 is 66.3 Å². The predicted molar refractivity (Wildman–Crippen MR) is 349 cm³/mol. The highest BCUT2D eigenvalue weighted by atomic mass is 35.5. The molecule has 4 N–H and O–H groups in total. The maximum absolute atomic E-state index is 14.2. The van der Waals surface area contributed by atoms with E-state index in [4.69, 9.17) is 46.6 Å². The van der Waals surface area contributed by atoms with E-state index in [-0.39, 0.29) is 34.8 Å². The first kappa shape index (κ1) is 74.1. The summed E-state index contributed by atoms with van der Waals surface area (Å²) in [4.78, 5) is 57.5. The van der Waals surface area contributed by atoms with Crippen LogP contribution < -0.4 is 10.4 Å². The molecule has 2 aliphatic heterocycles. The number of fused-ring (bicyclic) bond motifs is 6. The zero-order chi connectivity index (χ0) is 66.1. The average Bonchev–Trinajstić information content (AvgIpc) is 1.99. The van der Waals surface area contributed by atoms with Crippen molar-refractivity contribution in [3.05, 3.63) is 132 Å². The van der Waals surface area contributed by atoms with Crippen molar-refractivity contribution in [2.24, 2.45) is 11.8 Å². The summed E-state index contributed by atoms with van der Waals surface area (Å²) in [6, 6.07) is 36.9. The molecule has 6 aromatic rings. The number of carbonyl (C=O) groups excluding carboxylic acids is 4. The predicted octanol–water partition coefficient (Wildman–Crippen LogP) is 11.9. The summed E-state index contributed by atoms with van der Waals surface area (Å²) in [5, 5.41) is 37.7. The first-order valence-electron chi connectivity index (χ1n) is 30.3. The van der Waals surface area contributed by atoms with Gasteiger partial charge in [-0.05, 0) is 137 Å². The highest BCUT2D eigenvalue weighted by Gasteiger charge is 2.51. The number of β-amino-alcohol motifs (C(OH)–C–C–N with tert-alkyl or cyclic N) is 2. The fourth-order valence-corrected chi connectivity index (χ4v) is 17.4. The summed E-state index contributed by atoms with van der Waals surface area (Å²) >= 11 is 9.53. The number of methoxy groups -OCH3 is 2. The standard InChI is InChI=1S/C43H58N2O6Si.C22H32N2O4.C2HF3O.CH2Cl2/c1-10-43(48)28-31(29-50-52(42(5,6)7,32-19-13-11-14-20-32)33-21-15-12-16-22-33)27-36(39(46)49-9)38-35(25-26-44(8)30-43)34-23-17-18-24-37(34)45(38)40(47)51-41(2,3)4;1-4-22(27)12-15(13-25)11-18(21(26)28-3)20-17(9-10-24(2)14-22)16-7-5-6-8-19(16)23-20;3-2(4,5)1-6;2-1-3/h11-24,31,36,48H,10,25-30H2,1-9H3;5-8,15,18,23,25,27H,4,9-14H2,1-3H3;1H;1H2/t31-,36?,43+;15-,18?,22+;;/m11../s1. The van der Waals surface area contributed by atoms with Gasteiger partial charge in [0.05, 0.1) is 48.1 Å². The van der Waals surface area contributed by atoms with E-state index < -0.39 is 61.5 Å². The van der Waals surface area contributed by atoms with Crippen LogP contribution >= 0.6 is 23.2 Å². The van der Waals surface area contributed by atoms with Gasteiger partial charge in [0.2, 0.25) is 6.29 Å². The highest BCUT2D eigenvalue weighted by molar-refractivity contribution is 6.99. The van der Waals surface area contributed by atoms with E-state index >= 15 is 0 Å². The molecule has 0 bridgehead atoms. The number of H-pyrrole nitrogens is 1. The van der Waals surface area contributed by atoms with Crippen LogP contribution in [0.3, 0.4) is 0 Å². The summed E-state index contributed by atoms with van der Waals surface area (Å²) in [5.74, 6) is -2.53. The first-order chi connectivity index (χ1) is 41.9. The Hall–Kier alpha value is -5.61. The molecule has 0 radical (unpaired) electrons. The number of nitrogens with one attached hydrogen (secondary N) is 1. The number of aliphatic hydroxyl groups excluding tert-OH is 1. The molecule has 0 spiro atoms. The first-order valence-corrected chi connectivity index (χ1v) is 33.3. The SMILES string of the molecule is CC[C@]1(O)C[C@H](CO)CC(C(=O)OC)c2[nH]c3ccccc3c2CCN(C)C1.CC[C@]1(O)C[C@H](CO[Si](c2ccccc2)(c2ccccc2)C(C)(C)C)CC(C(=O)OC)c2c(c3ccccc3n2C(=O)OC(C)(C)C)CCN(C)C1.ClCCl.O=CC(F)(F)F. The number of hydrogen-bond donors (Lipinski definition) is 4. The summed E-state index contributed by atoms with van der Waals surface area (Å²) in [6.07, 6.45) is -2.15. The number of para-hydroxylation sites is 2. The molecule has 6 atom stereocenters. The minimum absolute atomic E-state index is 0.0743. The second-order valence-corrected chi connectivity index (χ2v) is 30.7. The molecule has 2 unspecified atom stereocenters. The minimum Gasteiger partial charge on any atom is -0.469 e. The molecule has 4 aromatic carbocycles. The Morgan fingerprint density at radius 1 is 0.697 bits per heavy atom. The Morgan fingerprint density at radius 2 is 1.15 bits per heavy atom. The molecule has 0 saturated carbocycles. The van der Waals surface area contributed by atoms with Crippen molar-refractivity contribution >= 4 is 88.0 Å². The van der Waals surface area contributed by atoms with Crippen LogP contribution in [0.2, 0.25) is 5.04 Å². The van der Waals surface area contributed by atoms with E-state index in [1.165, 1.54) is 14.2 Å². The van der Waals surface area contributed by atoms with Crippen LogP contribution in [0, 0.1) is 11.8 Å². The topological polar surface area (TPSA) is 193 Å². The number of rotatable bonds is 10. The monoisotopic (exact) mass is 1300 g/mol. The number of hydrogen-bond acceptors (Lipinski definition) is 13. The van der Waals surface area contributed by atoms with Gasteiger partial charge in [0.25, 0.3) is 8.32 Å². The lowest BCUT2D eigenvalue weighted by Crippen LogP contribution is -2.67. The maximum atomic E-state index is 14.2. The third-order valence-corrected chi connectivity index (χ3v) is 21.8. The van der Waals surface area contributed by atoms with Crippen LogP contribution in [0.4, 0.5) is 18.0 Å². The Labute approximate surface area is 534 Å². The van der Waals surface area contributed by atoms with Gasteiger partial charge in [-0.25, -0.2) is 9.36 Å². The molecular formula is C68H93Cl2F3N4O11Si. The number of ether oxygens (including phenoxy) is 3. The fourth-order valence-electron chi connectivity index (χ4n) is 12.8. The molecule has 0 saturated heterocycles. The normalized spacial score (nSPS) is 21.7. The quantitative estimate of drug-likeness (QED) is 0.0333. The zero-order valence-electron chi connectivity index (χ0n) is 53.7. The number of carbonyl (C=O) groups is 4. The number of halogens is 5. The average molecular weight is 1300 g/mol. The van der Waals surface area contributed by atoms with Crippen LogP contribution in [0.1, 0.15) is 128 Å². The molecule has 15 nitrogen and oxygen atoms in total. The van der Waals surface area contributed by atoms with Gasteiger partial charge in [-0.2, -0.15) is 13.2 Å². The highest BCUT2D eigenvalue weighted by Crippen LogP contribution is 2.43. The second-order valence-electron chi connectivity index (χ2n) is 25.6. The maximum Gasteiger partial charge on any atom is 0.446 e. The molecule has 4 heterocycles. The van der Waals surface area contributed by atoms with Gasteiger partial charge >= 0.3 is 24.2 Å². The van der Waals surface area contributed by atoms with E-state index in [0.717, 1.165) is 56.4 Å². The van der Waals surface area contributed by atoms with Crippen molar-refractivity contribution in [3.8, 4) is 0 Å². The molecule has 0 amide bonds. The Bertz CT molecular complexity index is 3190. The van der Waals surface area contributed by atoms with Crippen LogP contribution in [0.25, 0.3) is 21.8 Å². The summed E-state index contributed by atoms with van der Waals surface area (Å²) in [6.45, 7) is 18.9. The summed E-state index contributed by atoms with van der Waals surface area (Å²) in [5.41, 5.74) is 2.53. The lowest BCUT2D eigenvalue weighted by atomic mass is 9.82. The van der Waals surface area contributed by atoms with Gasteiger partial charge in [-0.15, -0.1) is 23.2 Å². The van der Waals surface area contributed by atoms with E-state index in [9.17, 15) is 42.9 Å². The van der Waals surface area contributed by atoms with Crippen LogP contribution in [-0.2, 0) is 45.9 Å². The van der Waals surface area contributed by atoms with Gasteiger partial charge in [0.15, 0.2) is 0 Å². The molecule has 89 heavy (non-hydrogen) atoms. The molecule has 490 valence electrons. The van der Waals surface area contributed by atoms with E-state index in [1.807, 2.05) is 103 Å². The van der Waals surface area contributed by atoms with Gasteiger partial charge in [-0.1, -0.05) is 132 Å². The number of benzene rings is 4. The summed E-state index contributed by atoms with van der Waals surface area (Å²) in [7, 11) is 3.88. The molecule has 0 fully saturated rings. The number of aliphatic hydroxyl groups is 3. The van der Waals surface area contributed by atoms with Crippen LogP contribution in [0.5, 0.6) is 0 Å². The lowest BCUT2D eigenvalue weighted by Gasteiger charge is -2.44. The van der Waals surface area contributed by atoms with Gasteiger partial charge in [-0.3, -0.25) is 14.4 Å². The number of aldehydes is 1. The number of nitrogens with zero attached hydrogens (tertiary/aromatic N) is 3. The third-order valence-electron chi connectivity index (χ3n) is 16.8. The molecule has 2 aliphatic rings. The number of alkyl halides is 5. The van der Waals surface area contributed by atoms with Crippen molar-refractivity contribution in [2.75, 3.05) is 73.0 Å². The Balaban J connectivity index is 0.000000324. The molecule has 21 heteroatoms. The number of esters is 2. The smallest absolute Gasteiger partial charge is 0.446 e. The number of likely N-dealkylation sites (N-methyl/N-ethyl adjacent to an activating group) is 2. The van der Waals surface area contributed by atoms with Gasteiger partial charge in [0.1, 0.15) is 5.60 Å². The zero-order valence-corrected chi connectivity index (χ0v) is 56.2. The van der Waals surface area contributed by atoms with Gasteiger partial charge in [0, 0.05) is 67.1 Å². The number of aromatic nitrogens is 2. The summed E-state index contributed by atoms with van der Waals surface area (Å²) < 4.78 is 57.0. The van der Waals surface area contributed by atoms with Crippen molar-refractivity contribution in [1.29, 1.82) is 0 Å². The van der Waals surface area contributed by atoms with Crippen LogP contribution in [0.15, 0.2) is 109 Å². The molecule has 2 aromatic heterocycles. The van der Waals surface area contributed by atoms with E-state index in [1.54, 1.807) is 4.57 Å². The Kier molecular flexibility index (Phi) is 27.1. The lowest BCUT2D eigenvalue weighted by molar-refractivity contribution is -0.156. The second kappa shape index (κ2) is 32.6. The molecular weight excluding hydrogens is 1200 g/mol. The van der Waals surface area contributed by atoms with E-state index in [0.29, 0.717) is 82.4 Å². The third kappa shape index (κ3) is 19.5. The van der Waals surface area contributed by atoms with Crippen LogP contribution in [-0.4, -0.2) is 163 Å². The van der Waals surface area contributed by atoms with Crippen molar-refractivity contribution in [3.63, 3.8) is 0 Å². The number of aromatic amines is 1. The largest absolute Gasteiger partial charge is 0.469 e. The molecule has 0 aliphatic carbocycles. The molecule has 8 rings (SSSR count).